The first-order valence-corrected chi connectivity index (χ1v) is 5.97. The minimum Gasteiger partial charge on any atom is -0.318 e. The van der Waals surface area contributed by atoms with E-state index in [1.54, 1.807) is 4.90 Å². The van der Waals surface area contributed by atoms with Crippen LogP contribution in [0.3, 0.4) is 0 Å². The average Bonchev–Trinajstić information content (AvgIpc) is 2.45. The number of carbonyl (C=O) groups excluding carboxylic acids is 1. The van der Waals surface area contributed by atoms with Crippen LogP contribution in [0.1, 0.15) is 11.6 Å². The predicted molar refractivity (Wildman–Crippen MR) is 71.1 cm³/mol. The summed E-state index contributed by atoms with van der Waals surface area (Å²) in [5.41, 5.74) is 7.91. The fourth-order valence-electron chi connectivity index (χ4n) is 2.39. The topological polar surface area (TPSA) is 46.3 Å². The van der Waals surface area contributed by atoms with Crippen LogP contribution < -0.4 is 10.6 Å². The molecule has 1 aliphatic heterocycles. The van der Waals surface area contributed by atoms with E-state index in [1.807, 2.05) is 60.7 Å². The number of carbonyl (C=O) groups is 1. The van der Waals surface area contributed by atoms with E-state index in [1.165, 1.54) is 0 Å². The molecule has 3 rings (SSSR count). The van der Waals surface area contributed by atoms with E-state index in [0.717, 1.165) is 11.3 Å². The van der Waals surface area contributed by atoms with Gasteiger partial charge in [-0.1, -0.05) is 48.5 Å². The van der Waals surface area contributed by atoms with Gasteiger partial charge in [-0.15, -0.1) is 0 Å². The van der Waals surface area contributed by atoms with Gasteiger partial charge in [0.2, 0.25) is 5.91 Å². The lowest BCUT2D eigenvalue weighted by Crippen LogP contribution is -2.63. The normalized spacial score (nSPS) is 22.7. The van der Waals surface area contributed by atoms with Crippen LogP contribution in [0.15, 0.2) is 60.7 Å². The van der Waals surface area contributed by atoms with E-state index in [-0.39, 0.29) is 11.9 Å². The van der Waals surface area contributed by atoms with Crippen molar-refractivity contribution in [3.8, 4) is 0 Å². The maximum absolute atomic E-state index is 11.9. The van der Waals surface area contributed by atoms with Crippen molar-refractivity contribution in [1.29, 1.82) is 0 Å². The summed E-state index contributed by atoms with van der Waals surface area (Å²) in [6.07, 6.45) is 0. The quantitative estimate of drug-likeness (QED) is 0.814. The third kappa shape index (κ3) is 1.60. The van der Waals surface area contributed by atoms with Gasteiger partial charge in [0.05, 0.1) is 6.04 Å². The minimum absolute atomic E-state index is 0.0185. The summed E-state index contributed by atoms with van der Waals surface area (Å²) in [4.78, 5) is 13.7. The van der Waals surface area contributed by atoms with Gasteiger partial charge in [-0.2, -0.15) is 0 Å². The van der Waals surface area contributed by atoms with Gasteiger partial charge in [-0.25, -0.2) is 0 Å². The Labute approximate surface area is 106 Å². The molecular formula is C15H14N2O. The summed E-state index contributed by atoms with van der Waals surface area (Å²) in [7, 11) is 0. The van der Waals surface area contributed by atoms with Gasteiger partial charge < -0.3 is 10.6 Å². The van der Waals surface area contributed by atoms with E-state index in [0.29, 0.717) is 0 Å². The Morgan fingerprint density at radius 1 is 0.889 bits per heavy atom. The van der Waals surface area contributed by atoms with E-state index in [2.05, 4.69) is 0 Å². The van der Waals surface area contributed by atoms with Gasteiger partial charge in [0, 0.05) is 5.69 Å². The van der Waals surface area contributed by atoms with E-state index < -0.39 is 6.04 Å². The van der Waals surface area contributed by atoms with Gasteiger partial charge in [0.25, 0.3) is 0 Å². The summed E-state index contributed by atoms with van der Waals surface area (Å²) in [5, 5.41) is 0. The predicted octanol–water partition coefficient (Wildman–Crippen LogP) is 2.10. The lowest BCUT2D eigenvalue weighted by Gasteiger charge is -2.45. The van der Waals surface area contributed by atoms with E-state index >= 15 is 0 Å². The van der Waals surface area contributed by atoms with Crippen molar-refractivity contribution in [2.45, 2.75) is 12.1 Å². The fourth-order valence-corrected chi connectivity index (χ4v) is 2.39. The standard InChI is InChI=1S/C15H14N2O/c16-13-14(11-7-3-1-4-8-11)17(15(13)18)12-9-5-2-6-10-12/h1-10,13-14H,16H2/t13-,14-/m0/s1. The van der Waals surface area contributed by atoms with Crippen molar-refractivity contribution in [3.05, 3.63) is 66.2 Å². The second kappa shape index (κ2) is 4.27. The third-order valence-corrected chi connectivity index (χ3v) is 3.32. The van der Waals surface area contributed by atoms with Crippen LogP contribution in [0.4, 0.5) is 5.69 Å². The Balaban J connectivity index is 1.97. The van der Waals surface area contributed by atoms with E-state index in [9.17, 15) is 4.79 Å². The molecule has 1 aliphatic rings. The molecule has 3 nitrogen and oxygen atoms in total. The van der Waals surface area contributed by atoms with E-state index in [4.69, 9.17) is 5.73 Å². The number of hydrogen-bond acceptors (Lipinski definition) is 2. The average molecular weight is 238 g/mol. The summed E-state index contributed by atoms with van der Waals surface area (Å²) in [6, 6.07) is 19.1. The van der Waals surface area contributed by atoms with Crippen molar-refractivity contribution in [3.63, 3.8) is 0 Å². The molecule has 3 heteroatoms. The fraction of sp³-hybridized carbons (Fsp3) is 0.133. The Hall–Kier alpha value is -2.13. The highest BCUT2D eigenvalue weighted by atomic mass is 16.2. The lowest BCUT2D eigenvalue weighted by molar-refractivity contribution is -0.126. The van der Waals surface area contributed by atoms with Crippen LogP contribution in [0.25, 0.3) is 0 Å². The monoisotopic (exact) mass is 238 g/mol. The van der Waals surface area contributed by atoms with Crippen LogP contribution in [-0.2, 0) is 4.79 Å². The zero-order chi connectivity index (χ0) is 12.5. The number of anilines is 1. The molecule has 1 heterocycles. The molecule has 2 aromatic carbocycles. The minimum atomic E-state index is -0.437. The van der Waals surface area contributed by atoms with Crippen LogP contribution in [0.2, 0.25) is 0 Å². The summed E-state index contributed by atoms with van der Waals surface area (Å²) in [6.45, 7) is 0. The smallest absolute Gasteiger partial charge is 0.247 e. The Morgan fingerprint density at radius 2 is 1.44 bits per heavy atom. The highest BCUT2D eigenvalue weighted by Gasteiger charge is 2.46. The summed E-state index contributed by atoms with van der Waals surface area (Å²) in [5.74, 6) is -0.0185. The molecule has 0 aromatic heterocycles. The molecule has 0 unspecified atom stereocenters. The Bertz CT molecular complexity index is 553. The summed E-state index contributed by atoms with van der Waals surface area (Å²) < 4.78 is 0. The van der Waals surface area contributed by atoms with Crippen LogP contribution in [-0.4, -0.2) is 11.9 Å². The second-order valence-electron chi connectivity index (χ2n) is 4.43. The molecule has 1 fully saturated rings. The Morgan fingerprint density at radius 3 is 2.06 bits per heavy atom. The van der Waals surface area contributed by atoms with Crippen molar-refractivity contribution >= 4 is 11.6 Å². The largest absolute Gasteiger partial charge is 0.318 e. The number of hydrogen-bond donors (Lipinski definition) is 1. The SMILES string of the molecule is N[C@@H]1C(=O)N(c2ccccc2)[C@H]1c1ccccc1. The highest BCUT2D eigenvalue weighted by Crippen LogP contribution is 2.37. The molecular weight excluding hydrogens is 224 g/mol. The Kier molecular flexibility index (Phi) is 2.61. The number of nitrogens with zero attached hydrogens (tertiary/aromatic N) is 1. The first kappa shape index (κ1) is 11.0. The van der Waals surface area contributed by atoms with Gasteiger partial charge in [0.15, 0.2) is 0 Å². The number of β-lactam (4-membered cyclic amide) rings is 1. The first-order chi connectivity index (χ1) is 8.79. The molecule has 2 atom stereocenters. The molecule has 0 radical (unpaired) electrons. The molecule has 0 spiro atoms. The first-order valence-electron chi connectivity index (χ1n) is 5.97. The number of rotatable bonds is 2. The van der Waals surface area contributed by atoms with Crippen LogP contribution >= 0.6 is 0 Å². The van der Waals surface area contributed by atoms with Crippen molar-refractivity contribution < 1.29 is 4.79 Å². The molecule has 0 saturated carbocycles. The molecule has 2 aromatic rings. The molecule has 90 valence electrons. The van der Waals surface area contributed by atoms with Crippen molar-refractivity contribution in [2.24, 2.45) is 5.73 Å². The lowest BCUT2D eigenvalue weighted by atomic mass is 9.88. The third-order valence-electron chi connectivity index (χ3n) is 3.32. The van der Waals surface area contributed by atoms with Crippen LogP contribution in [0.5, 0.6) is 0 Å². The summed E-state index contributed by atoms with van der Waals surface area (Å²) >= 11 is 0. The molecule has 1 amide bonds. The second-order valence-corrected chi connectivity index (χ2v) is 4.43. The van der Waals surface area contributed by atoms with Crippen LogP contribution in [0, 0.1) is 0 Å². The maximum atomic E-state index is 11.9. The number of nitrogens with two attached hydrogens (primary N) is 1. The number of amides is 1. The number of benzene rings is 2. The van der Waals surface area contributed by atoms with Crippen molar-refractivity contribution in [1.82, 2.24) is 0 Å². The van der Waals surface area contributed by atoms with Gasteiger partial charge in [0.1, 0.15) is 6.04 Å². The van der Waals surface area contributed by atoms with Gasteiger partial charge >= 0.3 is 0 Å². The van der Waals surface area contributed by atoms with Gasteiger partial charge in [-0.3, -0.25) is 4.79 Å². The zero-order valence-corrected chi connectivity index (χ0v) is 9.86. The maximum Gasteiger partial charge on any atom is 0.247 e. The zero-order valence-electron chi connectivity index (χ0n) is 9.86. The van der Waals surface area contributed by atoms with Gasteiger partial charge in [-0.05, 0) is 17.7 Å². The highest BCUT2D eigenvalue weighted by molar-refractivity contribution is 6.05. The molecule has 0 bridgehead atoms. The molecule has 1 saturated heterocycles. The number of para-hydroxylation sites is 1. The molecule has 2 N–H and O–H groups in total. The van der Waals surface area contributed by atoms with Crippen molar-refractivity contribution in [2.75, 3.05) is 4.90 Å². The molecule has 18 heavy (non-hydrogen) atoms. The molecule has 0 aliphatic carbocycles.